The predicted molar refractivity (Wildman–Crippen MR) is 133 cm³/mol. The summed E-state index contributed by atoms with van der Waals surface area (Å²) >= 11 is 0. The Balaban J connectivity index is 1.52. The number of benzene rings is 3. The summed E-state index contributed by atoms with van der Waals surface area (Å²) in [7, 11) is -1.54. The van der Waals surface area contributed by atoms with Crippen LogP contribution in [0, 0.1) is 5.41 Å². The molecule has 0 atom stereocenters. The van der Waals surface area contributed by atoms with Gasteiger partial charge in [0.2, 0.25) is 5.62 Å². The minimum absolute atomic E-state index is 0.284. The molecule has 0 spiro atoms. The van der Waals surface area contributed by atoms with Gasteiger partial charge in [-0.1, -0.05) is 36.4 Å². The molecule has 0 saturated heterocycles. The Morgan fingerprint density at radius 3 is 2.40 bits per heavy atom. The number of carbonyl (C=O) groups is 1. The first-order chi connectivity index (χ1) is 16.8. The number of fused-ring (bicyclic) bond motifs is 1. The highest BCUT2D eigenvalue weighted by Crippen LogP contribution is 2.38. The van der Waals surface area contributed by atoms with E-state index in [0.717, 1.165) is 38.8 Å². The Bertz CT molecular complexity index is 1690. The van der Waals surface area contributed by atoms with E-state index in [9.17, 15) is 14.8 Å². The number of hydrogen-bond donors (Lipinski definition) is 3. The van der Waals surface area contributed by atoms with Crippen molar-refractivity contribution in [2.45, 2.75) is 26.0 Å². The van der Waals surface area contributed by atoms with Gasteiger partial charge in [-0.2, -0.15) is 0 Å². The summed E-state index contributed by atoms with van der Waals surface area (Å²) < 4.78 is 10.9. The standard InChI is InChI=1S/C26H23BN4O4/c1-26(2)20-12-7-16(19-13-14-29(23(19)20)25(32)35-26)15-30-21-5-3-4-6-22(21)31(24(30)28)18-10-8-17(9-11-18)27(33)34/h3-14,28,33-34H,15H2,1-2H3. The van der Waals surface area contributed by atoms with Gasteiger partial charge in [0.05, 0.1) is 23.1 Å². The van der Waals surface area contributed by atoms with Crippen LogP contribution in [-0.4, -0.2) is 37.0 Å². The van der Waals surface area contributed by atoms with Crippen LogP contribution in [0.25, 0.3) is 27.6 Å². The summed E-state index contributed by atoms with van der Waals surface area (Å²) in [6.07, 6.45) is 1.35. The number of ether oxygens (including phenoxy) is 1. The molecule has 35 heavy (non-hydrogen) atoms. The van der Waals surface area contributed by atoms with Gasteiger partial charge >= 0.3 is 13.2 Å². The summed E-state index contributed by atoms with van der Waals surface area (Å²) in [5, 5.41) is 28.9. The lowest BCUT2D eigenvalue weighted by Crippen LogP contribution is -2.33. The summed E-state index contributed by atoms with van der Waals surface area (Å²) in [6.45, 7) is 4.22. The normalized spacial score (nSPS) is 14.5. The van der Waals surface area contributed by atoms with Crippen LogP contribution in [-0.2, 0) is 16.9 Å². The number of imidazole rings is 1. The predicted octanol–water partition coefficient (Wildman–Crippen LogP) is 2.83. The molecule has 2 aromatic heterocycles. The zero-order chi connectivity index (χ0) is 24.5. The van der Waals surface area contributed by atoms with Gasteiger partial charge in [-0.15, -0.1) is 0 Å². The molecular formula is C26H23BN4O4. The molecular weight excluding hydrogens is 443 g/mol. The van der Waals surface area contributed by atoms with Crippen molar-refractivity contribution in [2.75, 3.05) is 0 Å². The average molecular weight is 466 g/mol. The molecule has 8 nitrogen and oxygen atoms in total. The van der Waals surface area contributed by atoms with E-state index in [4.69, 9.17) is 10.1 Å². The van der Waals surface area contributed by atoms with E-state index in [0.29, 0.717) is 12.0 Å². The van der Waals surface area contributed by atoms with Gasteiger partial charge in [0.15, 0.2) is 0 Å². The van der Waals surface area contributed by atoms with Gasteiger partial charge in [0, 0.05) is 22.8 Å². The van der Waals surface area contributed by atoms with Gasteiger partial charge in [0.1, 0.15) is 5.60 Å². The molecule has 1 aliphatic rings. The van der Waals surface area contributed by atoms with Crippen molar-refractivity contribution in [3.63, 3.8) is 0 Å². The highest BCUT2D eigenvalue weighted by atomic mass is 16.6. The first kappa shape index (κ1) is 21.5. The third kappa shape index (κ3) is 3.16. The van der Waals surface area contributed by atoms with Crippen LogP contribution in [0.1, 0.15) is 25.0 Å². The van der Waals surface area contributed by atoms with Crippen LogP contribution in [0.4, 0.5) is 4.79 Å². The minimum atomic E-state index is -1.54. The van der Waals surface area contributed by atoms with Crippen LogP contribution in [0.3, 0.4) is 0 Å². The Labute approximate surface area is 200 Å². The smallest absolute Gasteiger partial charge is 0.438 e. The lowest BCUT2D eigenvalue weighted by molar-refractivity contribution is 0.0331. The molecule has 3 heterocycles. The van der Waals surface area contributed by atoms with Crippen LogP contribution in [0.2, 0.25) is 0 Å². The minimum Gasteiger partial charge on any atom is -0.438 e. The molecule has 0 amide bonds. The largest absolute Gasteiger partial charge is 0.488 e. The molecule has 6 rings (SSSR count). The second-order valence-electron chi connectivity index (χ2n) is 9.30. The SMILES string of the molecule is CC1(C)OC(=O)n2ccc3c(Cn4c(=N)n(-c5ccc(B(O)O)cc5)c5ccccc54)ccc1c32. The van der Waals surface area contributed by atoms with Crippen molar-refractivity contribution >= 4 is 40.6 Å². The maximum atomic E-state index is 12.5. The van der Waals surface area contributed by atoms with Crippen LogP contribution in [0.15, 0.2) is 72.9 Å². The lowest BCUT2D eigenvalue weighted by atomic mass is 9.80. The molecule has 1 aliphatic heterocycles. The Hall–Kier alpha value is -4.08. The van der Waals surface area contributed by atoms with Crippen molar-refractivity contribution in [1.29, 1.82) is 5.41 Å². The average Bonchev–Trinajstić information content (AvgIpc) is 3.39. The fourth-order valence-corrected chi connectivity index (χ4v) is 5.03. The van der Waals surface area contributed by atoms with Crippen molar-refractivity contribution in [2.24, 2.45) is 0 Å². The first-order valence-electron chi connectivity index (χ1n) is 11.3. The topological polar surface area (TPSA) is 105 Å². The summed E-state index contributed by atoms with van der Waals surface area (Å²) in [5.74, 6) is 0. The molecule has 0 radical (unpaired) electrons. The number of rotatable bonds is 4. The summed E-state index contributed by atoms with van der Waals surface area (Å²) in [6, 6.07) is 20.6. The van der Waals surface area contributed by atoms with Gasteiger partial charge in [-0.3, -0.25) is 14.5 Å². The number of carbonyl (C=O) groups excluding carboxylic acids is 1. The number of cyclic esters (lactones) is 1. The van der Waals surface area contributed by atoms with Crippen molar-refractivity contribution < 1.29 is 19.6 Å². The molecule has 5 aromatic rings. The number of para-hydroxylation sites is 2. The Morgan fingerprint density at radius 1 is 0.971 bits per heavy atom. The fraction of sp³-hybridized carbons (Fsp3) is 0.154. The van der Waals surface area contributed by atoms with Crippen molar-refractivity contribution in [3.8, 4) is 5.69 Å². The van der Waals surface area contributed by atoms with Gasteiger partial charge < -0.3 is 19.4 Å². The fourth-order valence-electron chi connectivity index (χ4n) is 5.03. The number of hydrogen-bond acceptors (Lipinski definition) is 5. The van der Waals surface area contributed by atoms with Crippen molar-refractivity contribution in [3.05, 3.63) is 89.7 Å². The van der Waals surface area contributed by atoms with Crippen LogP contribution < -0.4 is 11.1 Å². The zero-order valence-corrected chi connectivity index (χ0v) is 19.3. The quantitative estimate of drug-likeness (QED) is 0.354. The highest BCUT2D eigenvalue weighted by molar-refractivity contribution is 6.58. The summed E-state index contributed by atoms with van der Waals surface area (Å²) in [5.41, 5.74) is 5.25. The lowest BCUT2D eigenvalue weighted by Gasteiger charge is -2.31. The molecule has 3 aromatic carbocycles. The second-order valence-corrected chi connectivity index (χ2v) is 9.30. The molecule has 3 N–H and O–H groups in total. The molecule has 0 bridgehead atoms. The van der Waals surface area contributed by atoms with Crippen molar-refractivity contribution in [1.82, 2.24) is 13.7 Å². The molecule has 0 aliphatic carbocycles. The monoisotopic (exact) mass is 466 g/mol. The molecule has 0 saturated carbocycles. The Morgan fingerprint density at radius 2 is 1.69 bits per heavy atom. The third-order valence-electron chi connectivity index (χ3n) is 6.79. The maximum absolute atomic E-state index is 12.5. The van der Waals surface area contributed by atoms with E-state index in [2.05, 4.69) is 0 Å². The second kappa shape index (κ2) is 7.46. The molecule has 0 fully saturated rings. The van der Waals surface area contributed by atoms with E-state index in [-0.39, 0.29) is 5.62 Å². The Kier molecular flexibility index (Phi) is 4.57. The number of nitrogens with one attached hydrogen (secondary N) is 1. The van der Waals surface area contributed by atoms with Gasteiger partial charge in [-0.25, -0.2) is 4.79 Å². The van der Waals surface area contributed by atoms with Gasteiger partial charge in [0.25, 0.3) is 0 Å². The first-order valence-corrected chi connectivity index (χ1v) is 11.3. The van der Waals surface area contributed by atoms with Crippen LogP contribution in [0.5, 0.6) is 0 Å². The number of nitrogens with zero attached hydrogens (tertiary/aromatic N) is 3. The van der Waals surface area contributed by atoms with Crippen LogP contribution >= 0.6 is 0 Å². The molecule has 0 unspecified atom stereocenters. The van der Waals surface area contributed by atoms with E-state index in [1.54, 1.807) is 35.0 Å². The third-order valence-corrected chi connectivity index (χ3v) is 6.79. The van der Waals surface area contributed by atoms with Gasteiger partial charge in [-0.05, 0) is 55.2 Å². The zero-order valence-electron chi connectivity index (χ0n) is 19.3. The van der Waals surface area contributed by atoms with E-state index >= 15 is 0 Å². The summed E-state index contributed by atoms with van der Waals surface area (Å²) in [4.78, 5) is 12.5. The highest BCUT2D eigenvalue weighted by Gasteiger charge is 2.35. The maximum Gasteiger partial charge on any atom is 0.488 e. The molecule has 174 valence electrons. The van der Waals surface area contributed by atoms with E-state index < -0.39 is 18.8 Å². The van der Waals surface area contributed by atoms with E-state index in [1.165, 1.54) is 0 Å². The number of aromatic nitrogens is 3. The molecule has 9 heteroatoms. The van der Waals surface area contributed by atoms with E-state index in [1.807, 2.05) is 65.4 Å².